The second-order valence-corrected chi connectivity index (χ2v) is 9.31. The van der Waals surface area contributed by atoms with Crippen LogP contribution in [0.4, 0.5) is 11.4 Å². The maximum Gasteiger partial charge on any atom is 0.235 e. The first-order valence-corrected chi connectivity index (χ1v) is 10.9. The summed E-state index contributed by atoms with van der Waals surface area (Å²) >= 11 is 0. The Labute approximate surface area is 166 Å². The monoisotopic (exact) mass is 401 g/mol. The van der Waals surface area contributed by atoms with Gasteiger partial charge in [-0.1, -0.05) is 19.1 Å². The zero-order valence-electron chi connectivity index (χ0n) is 16.7. The Kier molecular flexibility index (Phi) is 5.56. The lowest BCUT2D eigenvalue weighted by molar-refractivity contribution is 0.415. The normalized spacial score (nSPS) is 11.9. The van der Waals surface area contributed by atoms with Crippen LogP contribution in [0.25, 0.3) is 22.2 Å². The predicted molar refractivity (Wildman–Crippen MR) is 116 cm³/mol. The van der Waals surface area contributed by atoms with E-state index in [1.165, 1.54) is 0 Å². The van der Waals surface area contributed by atoms with Gasteiger partial charge in [-0.3, -0.25) is 4.72 Å². The van der Waals surface area contributed by atoms with Gasteiger partial charge in [0.1, 0.15) is 5.75 Å². The summed E-state index contributed by atoms with van der Waals surface area (Å²) in [7, 11) is -1.73. The van der Waals surface area contributed by atoms with Gasteiger partial charge in [0.05, 0.1) is 29.3 Å². The number of nitrogen functional groups attached to an aromatic ring is 1. The predicted octanol–water partition coefficient (Wildman–Crippen LogP) is 4.46. The fraction of sp³-hybridized carbons (Fsp3) is 0.333. The van der Waals surface area contributed by atoms with Crippen molar-refractivity contribution in [3.63, 3.8) is 0 Å². The van der Waals surface area contributed by atoms with E-state index in [9.17, 15) is 8.42 Å². The highest BCUT2D eigenvalue weighted by molar-refractivity contribution is 7.93. The molecule has 7 heteroatoms. The highest BCUT2D eigenvalue weighted by Gasteiger charge is 2.18. The molecule has 1 aromatic heterocycles. The van der Waals surface area contributed by atoms with Crippen molar-refractivity contribution in [3.8, 4) is 17.0 Å². The molecular weight excluding hydrogens is 374 g/mol. The molecule has 3 N–H and O–H groups in total. The van der Waals surface area contributed by atoms with Crippen LogP contribution in [0.1, 0.15) is 27.2 Å². The van der Waals surface area contributed by atoms with E-state index in [0.717, 1.165) is 40.9 Å². The molecule has 0 saturated heterocycles. The van der Waals surface area contributed by atoms with Crippen LogP contribution in [0.15, 0.2) is 42.5 Å². The van der Waals surface area contributed by atoms with E-state index in [4.69, 9.17) is 10.5 Å². The van der Waals surface area contributed by atoms with Crippen molar-refractivity contribution >= 4 is 32.3 Å². The van der Waals surface area contributed by atoms with E-state index < -0.39 is 15.3 Å². The average Bonchev–Trinajstić information content (AvgIpc) is 2.94. The van der Waals surface area contributed by atoms with Gasteiger partial charge in [0, 0.05) is 29.2 Å². The van der Waals surface area contributed by atoms with Crippen LogP contribution in [-0.4, -0.2) is 25.3 Å². The van der Waals surface area contributed by atoms with Gasteiger partial charge in [0.25, 0.3) is 0 Å². The van der Waals surface area contributed by atoms with Crippen molar-refractivity contribution in [2.45, 2.75) is 39.0 Å². The number of methoxy groups -OCH3 is 1. The number of nitrogens with one attached hydrogen (secondary N) is 1. The number of anilines is 2. The van der Waals surface area contributed by atoms with Crippen LogP contribution in [-0.2, 0) is 16.6 Å². The number of rotatable bonds is 7. The third-order valence-electron chi connectivity index (χ3n) is 4.80. The third kappa shape index (κ3) is 3.67. The number of hydrogen-bond donors (Lipinski definition) is 2. The molecule has 0 radical (unpaired) electrons. The largest absolute Gasteiger partial charge is 0.497 e. The molecule has 0 saturated carbocycles. The number of aryl methyl sites for hydroxylation is 1. The number of hydrogen-bond acceptors (Lipinski definition) is 4. The van der Waals surface area contributed by atoms with Crippen molar-refractivity contribution in [1.82, 2.24) is 4.57 Å². The Hall–Kier alpha value is -2.67. The minimum atomic E-state index is -3.38. The van der Waals surface area contributed by atoms with Gasteiger partial charge in [-0.2, -0.15) is 0 Å². The summed E-state index contributed by atoms with van der Waals surface area (Å²) in [5.74, 6) is 0.785. The summed E-state index contributed by atoms with van der Waals surface area (Å²) in [5.41, 5.74) is 10.6. The Bertz CT molecular complexity index is 1080. The molecular formula is C21H27N3O3S. The number of sulfonamides is 1. The maximum atomic E-state index is 12.1. The number of fused-ring (bicyclic) bond motifs is 1. The van der Waals surface area contributed by atoms with Crippen LogP contribution in [0.3, 0.4) is 0 Å². The first kappa shape index (κ1) is 20.1. The standard InChI is InChI=1S/C21H27N3O3S/c1-5-12-24-19-13-17(27-4)10-11-18(19)20(22)21(24)15-6-8-16(9-7-15)23-28(25,26)14(2)3/h6-11,13-14,23H,5,12,22H2,1-4H3. The number of benzene rings is 2. The summed E-state index contributed by atoms with van der Waals surface area (Å²) in [5, 5.41) is 0.485. The Morgan fingerprint density at radius 2 is 1.82 bits per heavy atom. The van der Waals surface area contributed by atoms with Crippen LogP contribution in [0.2, 0.25) is 0 Å². The Morgan fingerprint density at radius 3 is 2.39 bits per heavy atom. The van der Waals surface area contributed by atoms with Gasteiger partial charge in [-0.25, -0.2) is 8.42 Å². The maximum absolute atomic E-state index is 12.1. The molecule has 6 nitrogen and oxygen atoms in total. The topological polar surface area (TPSA) is 86.4 Å². The molecule has 1 heterocycles. The zero-order chi connectivity index (χ0) is 20.5. The summed E-state index contributed by atoms with van der Waals surface area (Å²) in [6.07, 6.45) is 0.958. The molecule has 0 aliphatic heterocycles. The molecule has 0 unspecified atom stereocenters. The minimum Gasteiger partial charge on any atom is -0.497 e. The lowest BCUT2D eigenvalue weighted by Gasteiger charge is -2.13. The first-order valence-electron chi connectivity index (χ1n) is 9.36. The molecule has 3 rings (SSSR count). The van der Waals surface area contributed by atoms with Crippen molar-refractivity contribution < 1.29 is 13.2 Å². The highest BCUT2D eigenvalue weighted by Crippen LogP contribution is 2.38. The quantitative estimate of drug-likeness (QED) is 0.612. The van der Waals surface area contributed by atoms with Crippen molar-refractivity contribution in [2.24, 2.45) is 0 Å². The fourth-order valence-electron chi connectivity index (χ4n) is 3.23. The van der Waals surface area contributed by atoms with E-state index in [1.54, 1.807) is 33.1 Å². The molecule has 28 heavy (non-hydrogen) atoms. The van der Waals surface area contributed by atoms with E-state index in [2.05, 4.69) is 16.2 Å². The fourth-order valence-corrected chi connectivity index (χ4v) is 3.93. The van der Waals surface area contributed by atoms with Gasteiger partial charge < -0.3 is 15.0 Å². The average molecular weight is 402 g/mol. The number of ether oxygens (including phenoxy) is 1. The van der Waals surface area contributed by atoms with E-state index in [0.29, 0.717) is 11.4 Å². The van der Waals surface area contributed by atoms with E-state index in [1.807, 2.05) is 30.3 Å². The molecule has 0 amide bonds. The van der Waals surface area contributed by atoms with Crippen LogP contribution >= 0.6 is 0 Å². The summed E-state index contributed by atoms with van der Waals surface area (Å²) in [6, 6.07) is 13.2. The SMILES string of the molecule is CCCn1c(-c2ccc(NS(=O)(=O)C(C)C)cc2)c(N)c2ccc(OC)cc21. The zero-order valence-corrected chi connectivity index (χ0v) is 17.5. The van der Waals surface area contributed by atoms with Gasteiger partial charge in [-0.15, -0.1) is 0 Å². The van der Waals surface area contributed by atoms with E-state index in [-0.39, 0.29) is 0 Å². The van der Waals surface area contributed by atoms with Gasteiger partial charge >= 0.3 is 0 Å². The molecule has 150 valence electrons. The molecule has 2 aromatic carbocycles. The molecule has 0 bridgehead atoms. The number of nitrogens with zero attached hydrogens (tertiary/aromatic N) is 1. The number of aromatic nitrogens is 1. The molecule has 0 aliphatic carbocycles. The van der Waals surface area contributed by atoms with Gasteiger partial charge in [-0.05, 0) is 44.5 Å². The van der Waals surface area contributed by atoms with Crippen LogP contribution in [0, 0.1) is 0 Å². The molecule has 0 aliphatic rings. The van der Waals surface area contributed by atoms with Crippen LogP contribution in [0.5, 0.6) is 5.75 Å². The lowest BCUT2D eigenvalue weighted by Crippen LogP contribution is -2.22. The van der Waals surface area contributed by atoms with Crippen LogP contribution < -0.4 is 15.2 Å². The molecule has 3 aromatic rings. The molecule has 0 fully saturated rings. The Balaban J connectivity index is 2.08. The smallest absolute Gasteiger partial charge is 0.235 e. The Morgan fingerprint density at radius 1 is 1.14 bits per heavy atom. The molecule has 0 spiro atoms. The van der Waals surface area contributed by atoms with Crippen molar-refractivity contribution in [1.29, 1.82) is 0 Å². The van der Waals surface area contributed by atoms with Crippen molar-refractivity contribution in [2.75, 3.05) is 17.6 Å². The summed E-state index contributed by atoms with van der Waals surface area (Å²) in [6.45, 7) is 6.23. The van der Waals surface area contributed by atoms with Gasteiger partial charge in [0.2, 0.25) is 10.0 Å². The third-order valence-corrected chi connectivity index (χ3v) is 6.56. The summed E-state index contributed by atoms with van der Waals surface area (Å²) in [4.78, 5) is 0. The van der Waals surface area contributed by atoms with Crippen molar-refractivity contribution in [3.05, 3.63) is 42.5 Å². The first-order chi connectivity index (χ1) is 13.3. The second-order valence-electron chi connectivity index (χ2n) is 7.07. The van der Waals surface area contributed by atoms with Gasteiger partial charge in [0.15, 0.2) is 0 Å². The highest BCUT2D eigenvalue weighted by atomic mass is 32.2. The number of nitrogens with two attached hydrogens (primary N) is 1. The summed E-state index contributed by atoms with van der Waals surface area (Å²) < 4.78 is 34.3. The minimum absolute atomic E-state index is 0.495. The lowest BCUT2D eigenvalue weighted by atomic mass is 10.1. The second kappa shape index (κ2) is 7.75. The molecule has 0 atom stereocenters. The van der Waals surface area contributed by atoms with E-state index >= 15 is 0 Å².